The van der Waals surface area contributed by atoms with Crippen LogP contribution in [0, 0.1) is 6.92 Å². The SMILES string of the molecule is Cc1cc(CCl)cnc1N1CCS(=O)(=O)CC1. The minimum atomic E-state index is -2.84. The molecule has 0 amide bonds. The first kappa shape index (κ1) is 12.6. The number of hydrogen-bond donors (Lipinski definition) is 0. The summed E-state index contributed by atoms with van der Waals surface area (Å²) in [7, 11) is -2.84. The highest BCUT2D eigenvalue weighted by molar-refractivity contribution is 7.91. The molecule has 1 fully saturated rings. The van der Waals surface area contributed by atoms with Gasteiger partial charge in [-0.3, -0.25) is 0 Å². The number of anilines is 1. The van der Waals surface area contributed by atoms with E-state index < -0.39 is 9.84 Å². The molecule has 94 valence electrons. The highest BCUT2D eigenvalue weighted by Crippen LogP contribution is 2.20. The van der Waals surface area contributed by atoms with Crippen molar-refractivity contribution in [3.8, 4) is 0 Å². The van der Waals surface area contributed by atoms with Crippen LogP contribution in [0.5, 0.6) is 0 Å². The molecule has 6 heteroatoms. The standard InChI is InChI=1S/C11H15ClN2O2S/c1-9-6-10(7-12)8-13-11(9)14-2-4-17(15,16)5-3-14/h6,8H,2-5,7H2,1H3. The summed E-state index contributed by atoms with van der Waals surface area (Å²) < 4.78 is 22.7. The number of alkyl halides is 1. The Morgan fingerprint density at radius 1 is 1.41 bits per heavy atom. The third kappa shape index (κ3) is 2.90. The summed E-state index contributed by atoms with van der Waals surface area (Å²) in [5.41, 5.74) is 2.03. The van der Waals surface area contributed by atoms with E-state index in [1.165, 1.54) is 0 Å². The number of halogens is 1. The fourth-order valence-electron chi connectivity index (χ4n) is 1.95. The first-order valence-electron chi connectivity index (χ1n) is 5.49. The summed E-state index contributed by atoms with van der Waals surface area (Å²) in [5, 5.41) is 0. The lowest BCUT2D eigenvalue weighted by atomic mass is 10.2. The van der Waals surface area contributed by atoms with Gasteiger partial charge in [-0.1, -0.05) is 0 Å². The average molecular weight is 275 g/mol. The van der Waals surface area contributed by atoms with Crippen molar-refractivity contribution in [1.29, 1.82) is 0 Å². The highest BCUT2D eigenvalue weighted by Gasteiger charge is 2.23. The fraction of sp³-hybridized carbons (Fsp3) is 0.545. The molecule has 0 unspecified atom stereocenters. The smallest absolute Gasteiger partial charge is 0.153 e. The summed E-state index contributed by atoms with van der Waals surface area (Å²) in [6, 6.07) is 2.00. The Morgan fingerprint density at radius 2 is 2.06 bits per heavy atom. The molecule has 0 saturated carbocycles. The van der Waals surface area contributed by atoms with E-state index in [4.69, 9.17) is 11.6 Å². The molecule has 0 bridgehead atoms. The Hall–Kier alpha value is -0.810. The molecule has 1 aliphatic heterocycles. The number of rotatable bonds is 2. The first-order chi connectivity index (χ1) is 8.02. The van der Waals surface area contributed by atoms with Gasteiger partial charge in [0.25, 0.3) is 0 Å². The maximum atomic E-state index is 11.3. The van der Waals surface area contributed by atoms with Crippen molar-refractivity contribution in [2.75, 3.05) is 29.5 Å². The Kier molecular flexibility index (Phi) is 3.58. The summed E-state index contributed by atoms with van der Waals surface area (Å²) in [6.45, 7) is 3.02. The van der Waals surface area contributed by atoms with Crippen LogP contribution in [0.1, 0.15) is 11.1 Å². The molecule has 2 heterocycles. The predicted octanol–water partition coefficient (Wildman–Crippen LogP) is 1.36. The van der Waals surface area contributed by atoms with Crippen LogP contribution in [0.15, 0.2) is 12.3 Å². The van der Waals surface area contributed by atoms with Gasteiger partial charge in [-0.2, -0.15) is 0 Å². The zero-order valence-electron chi connectivity index (χ0n) is 9.69. The Morgan fingerprint density at radius 3 is 2.59 bits per heavy atom. The number of sulfone groups is 1. The number of hydrogen-bond acceptors (Lipinski definition) is 4. The maximum Gasteiger partial charge on any atom is 0.153 e. The zero-order chi connectivity index (χ0) is 12.5. The normalized spacial score (nSPS) is 19.3. The van der Waals surface area contributed by atoms with E-state index >= 15 is 0 Å². The summed E-state index contributed by atoms with van der Waals surface area (Å²) >= 11 is 5.74. The van der Waals surface area contributed by atoms with Crippen LogP contribution in [0.4, 0.5) is 5.82 Å². The first-order valence-corrected chi connectivity index (χ1v) is 7.84. The van der Waals surface area contributed by atoms with Gasteiger partial charge in [0.2, 0.25) is 0 Å². The second kappa shape index (κ2) is 4.82. The van der Waals surface area contributed by atoms with Gasteiger partial charge >= 0.3 is 0 Å². The summed E-state index contributed by atoms with van der Waals surface area (Å²) in [4.78, 5) is 6.39. The van der Waals surface area contributed by atoms with E-state index in [9.17, 15) is 8.42 Å². The molecule has 4 nitrogen and oxygen atoms in total. The van der Waals surface area contributed by atoms with Crippen LogP contribution >= 0.6 is 11.6 Å². The van der Waals surface area contributed by atoms with Gasteiger partial charge < -0.3 is 4.90 Å². The van der Waals surface area contributed by atoms with E-state index in [0.29, 0.717) is 19.0 Å². The molecule has 1 aromatic heterocycles. The van der Waals surface area contributed by atoms with Gasteiger partial charge in [0.1, 0.15) is 5.82 Å². The molecule has 0 N–H and O–H groups in total. The molecule has 17 heavy (non-hydrogen) atoms. The second-order valence-electron chi connectivity index (χ2n) is 4.26. The molecule has 0 atom stereocenters. The quantitative estimate of drug-likeness (QED) is 0.764. The van der Waals surface area contributed by atoms with E-state index in [1.807, 2.05) is 17.9 Å². The molecular weight excluding hydrogens is 260 g/mol. The van der Waals surface area contributed by atoms with Crippen LogP contribution < -0.4 is 4.90 Å². The van der Waals surface area contributed by atoms with Crippen LogP contribution in [0.2, 0.25) is 0 Å². The number of nitrogens with zero attached hydrogens (tertiary/aromatic N) is 2. The lowest BCUT2D eigenvalue weighted by Crippen LogP contribution is -2.41. The van der Waals surface area contributed by atoms with Crippen LogP contribution in [0.3, 0.4) is 0 Å². The zero-order valence-corrected chi connectivity index (χ0v) is 11.3. The topological polar surface area (TPSA) is 50.3 Å². The Balaban J connectivity index is 2.19. The maximum absolute atomic E-state index is 11.3. The van der Waals surface area contributed by atoms with Gasteiger partial charge in [0.15, 0.2) is 9.84 Å². The van der Waals surface area contributed by atoms with Crippen molar-refractivity contribution in [3.05, 3.63) is 23.4 Å². The van der Waals surface area contributed by atoms with E-state index in [1.54, 1.807) is 6.20 Å². The van der Waals surface area contributed by atoms with Crippen LogP contribution in [-0.2, 0) is 15.7 Å². The lowest BCUT2D eigenvalue weighted by Gasteiger charge is -2.29. The van der Waals surface area contributed by atoms with Gasteiger partial charge in [-0.15, -0.1) is 11.6 Å². The van der Waals surface area contributed by atoms with Gasteiger partial charge in [-0.05, 0) is 24.1 Å². The molecule has 0 aromatic carbocycles. The molecule has 0 spiro atoms. The average Bonchev–Trinajstić information content (AvgIpc) is 2.29. The minimum absolute atomic E-state index is 0.214. The molecule has 1 aromatic rings. The molecule has 0 radical (unpaired) electrons. The molecule has 0 aliphatic carbocycles. The molecule has 1 saturated heterocycles. The predicted molar refractivity (Wildman–Crippen MR) is 69.4 cm³/mol. The van der Waals surface area contributed by atoms with Crippen molar-refractivity contribution in [3.63, 3.8) is 0 Å². The van der Waals surface area contributed by atoms with Gasteiger partial charge in [0.05, 0.1) is 11.5 Å². The summed E-state index contributed by atoms with van der Waals surface area (Å²) in [6.07, 6.45) is 1.75. The number of aromatic nitrogens is 1. The third-order valence-corrected chi connectivity index (χ3v) is 4.82. The fourth-order valence-corrected chi connectivity index (χ4v) is 3.30. The van der Waals surface area contributed by atoms with Crippen molar-refractivity contribution in [1.82, 2.24) is 4.98 Å². The Bertz CT molecular complexity index is 502. The van der Waals surface area contributed by atoms with Crippen LogP contribution in [-0.4, -0.2) is 38.0 Å². The largest absolute Gasteiger partial charge is 0.354 e. The van der Waals surface area contributed by atoms with Gasteiger partial charge in [-0.25, -0.2) is 13.4 Å². The van der Waals surface area contributed by atoms with E-state index in [-0.39, 0.29) is 11.5 Å². The molecule has 1 aliphatic rings. The monoisotopic (exact) mass is 274 g/mol. The summed E-state index contributed by atoms with van der Waals surface area (Å²) in [5.74, 6) is 1.74. The van der Waals surface area contributed by atoms with E-state index in [2.05, 4.69) is 4.98 Å². The van der Waals surface area contributed by atoms with Gasteiger partial charge in [0, 0.05) is 25.2 Å². The molecular formula is C11H15ClN2O2S. The van der Waals surface area contributed by atoms with E-state index in [0.717, 1.165) is 16.9 Å². The van der Waals surface area contributed by atoms with Crippen LogP contribution in [0.25, 0.3) is 0 Å². The Labute approximate surface area is 107 Å². The third-order valence-electron chi connectivity index (χ3n) is 2.91. The highest BCUT2D eigenvalue weighted by atomic mass is 35.5. The molecule has 2 rings (SSSR count). The van der Waals surface area contributed by atoms with Crippen molar-refractivity contribution in [2.45, 2.75) is 12.8 Å². The number of pyridine rings is 1. The lowest BCUT2D eigenvalue weighted by molar-refractivity contribution is 0.586. The number of aryl methyl sites for hydroxylation is 1. The van der Waals surface area contributed by atoms with Crippen molar-refractivity contribution < 1.29 is 8.42 Å². The van der Waals surface area contributed by atoms with Crippen molar-refractivity contribution >= 4 is 27.3 Å². The second-order valence-corrected chi connectivity index (χ2v) is 6.83. The van der Waals surface area contributed by atoms with Crippen molar-refractivity contribution in [2.24, 2.45) is 0 Å². The minimum Gasteiger partial charge on any atom is -0.354 e.